The lowest BCUT2D eigenvalue weighted by atomic mass is 9.85. The van der Waals surface area contributed by atoms with E-state index in [4.69, 9.17) is 15.9 Å². The van der Waals surface area contributed by atoms with Gasteiger partial charge in [0, 0.05) is 17.0 Å². The molecule has 6 heteroatoms. The molecule has 1 atom stereocenters. The molecule has 1 aliphatic rings. The van der Waals surface area contributed by atoms with Crippen molar-refractivity contribution < 1.29 is 19.7 Å². The fraction of sp³-hybridized carbons (Fsp3) is 0.304. The molecule has 0 aliphatic carbocycles. The van der Waals surface area contributed by atoms with Gasteiger partial charge in [-0.15, -0.1) is 16.6 Å². The summed E-state index contributed by atoms with van der Waals surface area (Å²) in [4.78, 5) is 0. The predicted molar refractivity (Wildman–Crippen MR) is 113 cm³/mol. The minimum atomic E-state index is -0.230. The molecule has 0 aromatic heterocycles. The van der Waals surface area contributed by atoms with Gasteiger partial charge in [0.2, 0.25) is 0 Å². The minimum absolute atomic E-state index is 0.207. The van der Waals surface area contributed by atoms with Gasteiger partial charge in [-0.05, 0) is 56.2 Å². The van der Waals surface area contributed by atoms with Crippen molar-refractivity contribution in [2.24, 2.45) is 10.2 Å². The zero-order valence-corrected chi connectivity index (χ0v) is 16.8. The fourth-order valence-electron chi connectivity index (χ4n) is 3.42. The maximum atomic E-state index is 10.1. The molecule has 3 rings (SSSR count). The van der Waals surface area contributed by atoms with Crippen LogP contribution in [0.1, 0.15) is 49.8 Å². The van der Waals surface area contributed by atoms with Crippen LogP contribution in [0.4, 0.5) is 0 Å². The second kappa shape index (κ2) is 8.70. The maximum absolute atomic E-state index is 10.1. The Hall–Kier alpha value is -3.46. The largest absolute Gasteiger partial charge is 0.504 e. The van der Waals surface area contributed by atoms with E-state index in [1.54, 1.807) is 0 Å². The first-order chi connectivity index (χ1) is 14.0. The van der Waals surface area contributed by atoms with Gasteiger partial charge in [0.15, 0.2) is 23.0 Å². The average Bonchev–Trinajstić information content (AvgIpc) is 2.86. The summed E-state index contributed by atoms with van der Waals surface area (Å²) in [6.45, 7) is 6.80. The van der Waals surface area contributed by atoms with Crippen LogP contribution in [-0.4, -0.2) is 34.9 Å². The third-order valence-electron chi connectivity index (χ3n) is 4.74. The van der Waals surface area contributed by atoms with Gasteiger partial charge in [-0.25, -0.2) is 0 Å². The molecule has 0 amide bonds. The lowest BCUT2D eigenvalue weighted by Crippen LogP contribution is -2.13. The molecule has 0 bridgehead atoms. The number of hydrogen-bond acceptors (Lipinski definition) is 6. The highest BCUT2D eigenvalue weighted by atomic mass is 16.5. The van der Waals surface area contributed by atoms with E-state index in [-0.39, 0.29) is 17.4 Å². The summed E-state index contributed by atoms with van der Waals surface area (Å²) in [5.74, 6) is 3.19. The lowest BCUT2D eigenvalue weighted by molar-refractivity contribution is 0.288. The topological polar surface area (TPSA) is 83.6 Å². The van der Waals surface area contributed by atoms with Crippen molar-refractivity contribution in [2.45, 2.75) is 33.1 Å². The quantitative estimate of drug-likeness (QED) is 0.569. The molecule has 1 heterocycles. The van der Waals surface area contributed by atoms with Gasteiger partial charge < -0.3 is 19.7 Å². The van der Waals surface area contributed by atoms with Gasteiger partial charge in [0.1, 0.15) is 11.4 Å². The smallest absolute Gasteiger partial charge is 0.161 e. The van der Waals surface area contributed by atoms with Crippen molar-refractivity contribution >= 4 is 11.4 Å². The summed E-state index contributed by atoms with van der Waals surface area (Å²) in [6, 6.07) is 8.54. The molecule has 0 fully saturated rings. The number of rotatable bonds is 6. The van der Waals surface area contributed by atoms with Crippen molar-refractivity contribution in [1.29, 1.82) is 0 Å². The first-order valence-electron chi connectivity index (χ1n) is 9.62. The van der Waals surface area contributed by atoms with Crippen molar-refractivity contribution in [3.63, 3.8) is 0 Å². The fourth-order valence-corrected chi connectivity index (χ4v) is 3.42. The Bertz CT molecular complexity index is 1020. The molecule has 0 saturated heterocycles. The number of terminal acetylenes is 1. The SMILES string of the molecule is C#CC1=NN=C(c2ccc(OCC)c(OCC)c2)c2cc(O)c(O)cc2[C@H]1CC. The number of ether oxygens (including phenoxy) is 2. The van der Waals surface area contributed by atoms with Crippen LogP contribution in [0.5, 0.6) is 23.0 Å². The van der Waals surface area contributed by atoms with Crippen LogP contribution in [0.25, 0.3) is 0 Å². The Kier molecular flexibility index (Phi) is 6.08. The van der Waals surface area contributed by atoms with Gasteiger partial charge in [0.25, 0.3) is 0 Å². The number of nitrogens with zero attached hydrogens (tertiary/aromatic N) is 2. The Morgan fingerprint density at radius 3 is 2.31 bits per heavy atom. The molecule has 0 saturated carbocycles. The Morgan fingerprint density at radius 2 is 1.66 bits per heavy atom. The maximum Gasteiger partial charge on any atom is 0.161 e. The van der Waals surface area contributed by atoms with E-state index >= 15 is 0 Å². The summed E-state index contributed by atoms with van der Waals surface area (Å²) in [5, 5.41) is 28.9. The third kappa shape index (κ3) is 3.90. The highest BCUT2D eigenvalue weighted by molar-refractivity contribution is 6.17. The zero-order valence-electron chi connectivity index (χ0n) is 16.8. The van der Waals surface area contributed by atoms with Gasteiger partial charge >= 0.3 is 0 Å². The van der Waals surface area contributed by atoms with Crippen LogP contribution in [0.15, 0.2) is 40.5 Å². The van der Waals surface area contributed by atoms with E-state index in [0.29, 0.717) is 48.1 Å². The summed E-state index contributed by atoms with van der Waals surface area (Å²) in [5.41, 5.74) is 3.17. The first-order valence-corrected chi connectivity index (χ1v) is 9.62. The molecule has 0 unspecified atom stereocenters. The van der Waals surface area contributed by atoms with Crippen molar-refractivity contribution in [2.75, 3.05) is 13.2 Å². The van der Waals surface area contributed by atoms with Crippen LogP contribution in [0, 0.1) is 12.3 Å². The van der Waals surface area contributed by atoms with Crippen LogP contribution in [-0.2, 0) is 0 Å². The summed E-state index contributed by atoms with van der Waals surface area (Å²) < 4.78 is 11.4. The molecule has 2 aromatic rings. The Morgan fingerprint density at radius 1 is 0.966 bits per heavy atom. The highest BCUT2D eigenvalue weighted by Gasteiger charge is 2.27. The van der Waals surface area contributed by atoms with Crippen LogP contribution >= 0.6 is 0 Å². The number of aromatic hydroxyl groups is 2. The van der Waals surface area contributed by atoms with E-state index in [1.165, 1.54) is 12.1 Å². The van der Waals surface area contributed by atoms with Gasteiger partial charge in [-0.3, -0.25) is 0 Å². The third-order valence-corrected chi connectivity index (χ3v) is 4.74. The molecule has 0 radical (unpaired) electrons. The van der Waals surface area contributed by atoms with E-state index in [0.717, 1.165) is 11.1 Å². The van der Waals surface area contributed by atoms with Crippen molar-refractivity contribution in [3.05, 3.63) is 47.0 Å². The predicted octanol–water partition coefficient (Wildman–Crippen LogP) is 4.23. The molecule has 1 aliphatic heterocycles. The van der Waals surface area contributed by atoms with Crippen LogP contribution in [0.2, 0.25) is 0 Å². The molecule has 2 aromatic carbocycles. The number of fused-ring (bicyclic) bond motifs is 1. The van der Waals surface area contributed by atoms with E-state index in [9.17, 15) is 10.2 Å². The molecule has 150 valence electrons. The number of phenols is 2. The monoisotopic (exact) mass is 392 g/mol. The summed E-state index contributed by atoms with van der Waals surface area (Å²) >= 11 is 0. The molecular weight excluding hydrogens is 368 g/mol. The second-order valence-corrected chi connectivity index (χ2v) is 6.49. The normalized spacial score (nSPS) is 15.4. The molecule has 0 spiro atoms. The standard InChI is InChI=1S/C23H24N2O4/c1-5-15-16-12-19(26)20(27)13-17(16)23(25-24-18(15)6-2)14-9-10-21(28-7-3)22(11-14)29-8-4/h2,9-13,15,26-27H,5,7-8H2,1,3-4H3/t15-/m1/s1. The molecule has 29 heavy (non-hydrogen) atoms. The number of benzene rings is 2. The van der Waals surface area contributed by atoms with E-state index in [2.05, 4.69) is 16.1 Å². The number of phenolic OH excluding ortho intramolecular Hbond substituents is 2. The average molecular weight is 392 g/mol. The van der Waals surface area contributed by atoms with Crippen LogP contribution in [0.3, 0.4) is 0 Å². The Labute approximate surface area is 170 Å². The van der Waals surface area contributed by atoms with Crippen molar-refractivity contribution in [1.82, 2.24) is 0 Å². The number of hydrogen-bond donors (Lipinski definition) is 2. The van der Waals surface area contributed by atoms with E-state index < -0.39 is 0 Å². The molecule has 6 nitrogen and oxygen atoms in total. The minimum Gasteiger partial charge on any atom is -0.504 e. The van der Waals surface area contributed by atoms with E-state index in [1.807, 2.05) is 39.0 Å². The van der Waals surface area contributed by atoms with Gasteiger partial charge in [0.05, 0.1) is 13.2 Å². The van der Waals surface area contributed by atoms with Gasteiger partial charge in [-0.2, -0.15) is 0 Å². The molecule has 2 N–H and O–H groups in total. The van der Waals surface area contributed by atoms with Gasteiger partial charge in [-0.1, -0.05) is 12.8 Å². The van der Waals surface area contributed by atoms with Crippen molar-refractivity contribution in [3.8, 4) is 35.3 Å². The van der Waals surface area contributed by atoms with Crippen LogP contribution < -0.4 is 9.47 Å². The second-order valence-electron chi connectivity index (χ2n) is 6.49. The molecular formula is C23H24N2O4. The summed E-state index contributed by atoms with van der Waals surface area (Å²) in [7, 11) is 0. The first kappa shape index (κ1) is 20.3. The lowest BCUT2D eigenvalue weighted by Gasteiger charge is -2.18. The highest BCUT2D eigenvalue weighted by Crippen LogP contribution is 2.38. The summed E-state index contributed by atoms with van der Waals surface area (Å²) in [6.07, 6.45) is 6.34. The zero-order chi connectivity index (χ0) is 21.0. The Balaban J connectivity index is 2.22.